The molecule has 1 aliphatic carbocycles. The maximum absolute atomic E-state index is 6.39. The van der Waals surface area contributed by atoms with E-state index in [9.17, 15) is 0 Å². The number of nitrogens with zero attached hydrogens (tertiary/aromatic N) is 3. The third-order valence-electron chi connectivity index (χ3n) is 12.3. The molecule has 0 saturated carbocycles. The predicted molar refractivity (Wildman–Crippen MR) is 243 cm³/mol. The highest BCUT2D eigenvalue weighted by molar-refractivity contribution is 6.27. The monoisotopic (exact) mass is 747 g/mol. The molecule has 58 heavy (non-hydrogen) atoms. The lowest BCUT2D eigenvalue weighted by Gasteiger charge is -2.31. The number of benzene rings is 7. The van der Waals surface area contributed by atoms with Crippen LogP contribution in [0.25, 0.3) is 66.1 Å². The molecule has 0 N–H and O–H groups in total. The molecular weight excluding hydrogens is 707 g/mol. The second kappa shape index (κ2) is 12.9. The van der Waals surface area contributed by atoms with Crippen LogP contribution >= 0.6 is 0 Å². The summed E-state index contributed by atoms with van der Waals surface area (Å²) in [5.41, 5.74) is 16.5. The van der Waals surface area contributed by atoms with Crippen LogP contribution in [0.15, 0.2) is 197 Å². The summed E-state index contributed by atoms with van der Waals surface area (Å²) < 4.78 is 8.76. The standard InChI is InChI=1S/C54H41N3O/c1-5-6-23-44-51(53-55-52(38-20-11-13-24-45(38)56(53)4)40-22-16-27-49-50(40)39-21-12-15-26-48(39)58-49)42-33-34(28-30-43(42)54(44,2)3)35-29-31-47-41(32-35)37-19-10-14-25-46(37)57(47)36-17-8-7-9-18-36/h5-33H,1-4H3/b6-5-,44-23+,53-51-. The van der Waals surface area contributed by atoms with Crippen molar-refractivity contribution >= 4 is 60.7 Å². The predicted octanol–water partition coefficient (Wildman–Crippen LogP) is 13.8. The van der Waals surface area contributed by atoms with E-state index in [0.717, 1.165) is 61.5 Å². The summed E-state index contributed by atoms with van der Waals surface area (Å²) >= 11 is 0. The largest absolute Gasteiger partial charge is 0.456 e. The molecule has 4 nitrogen and oxygen atoms in total. The van der Waals surface area contributed by atoms with Crippen molar-refractivity contribution in [2.24, 2.45) is 4.99 Å². The summed E-state index contributed by atoms with van der Waals surface area (Å²) in [6.45, 7) is 6.77. The lowest BCUT2D eigenvalue weighted by molar-refractivity contribution is 0.660. The number of rotatable bonds is 4. The molecule has 2 aliphatic rings. The van der Waals surface area contributed by atoms with Gasteiger partial charge in [-0.25, -0.2) is 4.99 Å². The van der Waals surface area contributed by atoms with Crippen LogP contribution in [-0.2, 0) is 5.41 Å². The Hall–Kier alpha value is -7.17. The maximum Gasteiger partial charge on any atom is 0.141 e. The third kappa shape index (κ3) is 4.98. The molecule has 0 unspecified atom stereocenters. The lowest BCUT2D eigenvalue weighted by Crippen LogP contribution is -2.26. The maximum atomic E-state index is 6.39. The van der Waals surface area contributed by atoms with Gasteiger partial charge in [0.25, 0.3) is 0 Å². The topological polar surface area (TPSA) is 33.7 Å². The summed E-state index contributed by atoms with van der Waals surface area (Å²) in [4.78, 5) is 8.02. The van der Waals surface area contributed by atoms with E-state index in [1.54, 1.807) is 0 Å². The summed E-state index contributed by atoms with van der Waals surface area (Å²) in [6.07, 6.45) is 6.57. The van der Waals surface area contributed by atoms with Crippen LogP contribution in [0.1, 0.15) is 43.0 Å². The molecule has 0 amide bonds. The summed E-state index contributed by atoms with van der Waals surface area (Å²) in [7, 11) is 2.16. The highest BCUT2D eigenvalue weighted by Gasteiger charge is 2.41. The Bertz CT molecular complexity index is 3280. The van der Waals surface area contributed by atoms with Gasteiger partial charge in [0.05, 0.1) is 22.4 Å². The number of para-hydroxylation sites is 4. The molecule has 278 valence electrons. The minimum Gasteiger partial charge on any atom is -0.456 e. The van der Waals surface area contributed by atoms with Crippen molar-refractivity contribution in [1.82, 2.24) is 4.57 Å². The minimum atomic E-state index is -0.267. The molecule has 0 saturated heterocycles. The smallest absolute Gasteiger partial charge is 0.141 e. The van der Waals surface area contributed by atoms with E-state index in [0.29, 0.717) is 0 Å². The first-order valence-electron chi connectivity index (χ1n) is 20.1. The van der Waals surface area contributed by atoms with Crippen LogP contribution in [0.4, 0.5) is 5.69 Å². The van der Waals surface area contributed by atoms with E-state index in [-0.39, 0.29) is 5.41 Å². The fourth-order valence-corrected chi connectivity index (χ4v) is 9.53. The van der Waals surface area contributed by atoms with E-state index in [4.69, 9.17) is 9.41 Å². The molecular formula is C54H41N3O. The Kier molecular flexibility index (Phi) is 7.61. The molecule has 3 heterocycles. The van der Waals surface area contributed by atoms with Crippen LogP contribution in [0.3, 0.4) is 0 Å². The zero-order valence-corrected chi connectivity index (χ0v) is 33.0. The number of fused-ring (bicyclic) bond motifs is 8. The first-order valence-corrected chi connectivity index (χ1v) is 20.1. The van der Waals surface area contributed by atoms with Crippen LogP contribution in [0, 0.1) is 0 Å². The molecule has 0 bridgehead atoms. The quantitative estimate of drug-likeness (QED) is 0.180. The summed E-state index contributed by atoms with van der Waals surface area (Å²) in [6, 6.07) is 56.7. The number of aliphatic imine (C=N–C) groups is 1. The van der Waals surface area contributed by atoms with Gasteiger partial charge in [0.15, 0.2) is 0 Å². The van der Waals surface area contributed by atoms with Gasteiger partial charge in [-0.3, -0.25) is 0 Å². The second-order valence-corrected chi connectivity index (χ2v) is 15.9. The van der Waals surface area contributed by atoms with Crippen molar-refractivity contribution in [2.45, 2.75) is 26.2 Å². The Morgan fingerprint density at radius 1 is 0.603 bits per heavy atom. The Morgan fingerprint density at radius 2 is 1.29 bits per heavy atom. The molecule has 0 atom stereocenters. The molecule has 1 aliphatic heterocycles. The zero-order valence-electron chi connectivity index (χ0n) is 33.0. The molecule has 0 fully saturated rings. The highest BCUT2D eigenvalue weighted by Crippen LogP contribution is 2.53. The zero-order chi connectivity index (χ0) is 39.1. The van der Waals surface area contributed by atoms with Crippen molar-refractivity contribution in [3.63, 3.8) is 0 Å². The average Bonchev–Trinajstić information content (AvgIpc) is 3.88. The van der Waals surface area contributed by atoms with Gasteiger partial charge in [-0.05, 0) is 89.3 Å². The van der Waals surface area contributed by atoms with Crippen molar-refractivity contribution in [1.29, 1.82) is 0 Å². The van der Waals surface area contributed by atoms with Gasteiger partial charge in [-0.15, -0.1) is 0 Å². The van der Waals surface area contributed by atoms with Gasteiger partial charge in [0.1, 0.15) is 17.0 Å². The van der Waals surface area contributed by atoms with E-state index >= 15 is 0 Å². The Morgan fingerprint density at radius 3 is 2.16 bits per heavy atom. The SMILES string of the molecule is C\C=C/C=C1\C(=C2\N=C(c3cccc4oc5ccccc5c34)c3ccccc3N2C)c2cc(-c3ccc4c(c3)c3ccccc3n4-c3ccccc3)ccc2C1(C)C. The molecule has 4 heteroatoms. The first-order chi connectivity index (χ1) is 28.4. The third-order valence-corrected chi connectivity index (χ3v) is 12.3. The fraction of sp³-hybridized carbons (Fsp3) is 0.0926. The highest BCUT2D eigenvalue weighted by atomic mass is 16.3. The summed E-state index contributed by atoms with van der Waals surface area (Å²) in [5.74, 6) is 0.930. The van der Waals surface area contributed by atoms with Gasteiger partial charge in [-0.2, -0.15) is 0 Å². The second-order valence-electron chi connectivity index (χ2n) is 15.9. The van der Waals surface area contributed by atoms with E-state index in [1.165, 1.54) is 49.6 Å². The lowest BCUT2D eigenvalue weighted by atomic mass is 9.81. The molecule has 2 aromatic heterocycles. The van der Waals surface area contributed by atoms with Crippen molar-refractivity contribution < 1.29 is 4.42 Å². The van der Waals surface area contributed by atoms with E-state index in [1.807, 2.05) is 12.1 Å². The van der Waals surface area contributed by atoms with Gasteiger partial charge in [0, 0.05) is 56.4 Å². The van der Waals surface area contributed by atoms with Gasteiger partial charge in [0.2, 0.25) is 0 Å². The number of anilines is 1. The normalized spacial score (nSPS) is 16.9. The number of furan rings is 1. The molecule has 0 spiro atoms. The van der Waals surface area contributed by atoms with Crippen molar-refractivity contribution in [2.75, 3.05) is 11.9 Å². The van der Waals surface area contributed by atoms with Crippen molar-refractivity contribution in [3.05, 3.63) is 210 Å². The number of hydrogen-bond acceptors (Lipinski definition) is 3. The van der Waals surface area contributed by atoms with Crippen LogP contribution < -0.4 is 4.90 Å². The van der Waals surface area contributed by atoms with Crippen LogP contribution in [0.2, 0.25) is 0 Å². The van der Waals surface area contributed by atoms with Crippen LogP contribution in [-0.4, -0.2) is 17.3 Å². The van der Waals surface area contributed by atoms with E-state index < -0.39 is 0 Å². The fourth-order valence-electron chi connectivity index (χ4n) is 9.53. The molecule has 0 radical (unpaired) electrons. The summed E-state index contributed by atoms with van der Waals surface area (Å²) in [5, 5.41) is 4.66. The number of aromatic nitrogens is 1. The molecule has 7 aromatic carbocycles. The molecule has 9 aromatic rings. The van der Waals surface area contributed by atoms with E-state index in [2.05, 4.69) is 201 Å². The van der Waals surface area contributed by atoms with Crippen molar-refractivity contribution in [3.8, 4) is 16.8 Å². The molecule has 11 rings (SSSR count). The van der Waals surface area contributed by atoms with Gasteiger partial charge >= 0.3 is 0 Å². The Labute approximate surface area is 338 Å². The number of allylic oxidation sites excluding steroid dienone is 5. The first kappa shape index (κ1) is 34.1. The average molecular weight is 748 g/mol. The number of hydrogen-bond donors (Lipinski definition) is 0. The Balaban J connectivity index is 1.16. The van der Waals surface area contributed by atoms with Gasteiger partial charge < -0.3 is 13.9 Å². The van der Waals surface area contributed by atoms with Crippen LogP contribution in [0.5, 0.6) is 0 Å². The van der Waals surface area contributed by atoms with Gasteiger partial charge in [-0.1, -0.05) is 135 Å². The minimum absolute atomic E-state index is 0.267.